The van der Waals surface area contributed by atoms with Crippen molar-refractivity contribution in [3.8, 4) is 33.8 Å². The SMILES string of the molecule is Fc1c[c-]c(-c2ccccn2)cc1.Fc1c[c-]c(-c2ccccn2)cc1.Fc1c[c-]c(-c2ccccn2)cc1.[Ir+3]. The molecule has 7 heteroatoms. The van der Waals surface area contributed by atoms with Gasteiger partial charge < -0.3 is 15.0 Å². The predicted octanol–water partition coefficient (Wildman–Crippen LogP) is 8.06. The van der Waals surface area contributed by atoms with Crippen LogP contribution in [0.3, 0.4) is 0 Å². The fourth-order valence-electron chi connectivity index (χ4n) is 3.26. The Hall–Kier alpha value is -4.45. The molecule has 0 fully saturated rings. The second-order valence-corrected chi connectivity index (χ2v) is 7.91. The Labute approximate surface area is 244 Å². The van der Waals surface area contributed by atoms with E-state index in [2.05, 4.69) is 33.2 Å². The molecule has 6 rings (SSSR count). The van der Waals surface area contributed by atoms with Crippen LogP contribution in [0.15, 0.2) is 128 Å². The molecule has 3 aromatic heterocycles. The fourth-order valence-corrected chi connectivity index (χ4v) is 3.26. The van der Waals surface area contributed by atoms with E-state index in [0.29, 0.717) is 0 Å². The third-order valence-electron chi connectivity index (χ3n) is 5.15. The van der Waals surface area contributed by atoms with E-state index in [1.54, 1.807) is 36.8 Å². The molecule has 40 heavy (non-hydrogen) atoms. The maximum absolute atomic E-state index is 12.6. The molecule has 0 atom stereocenters. The van der Waals surface area contributed by atoms with Crippen molar-refractivity contribution >= 4 is 0 Å². The number of aromatic nitrogens is 3. The summed E-state index contributed by atoms with van der Waals surface area (Å²) in [7, 11) is 0. The van der Waals surface area contributed by atoms with Gasteiger partial charge in [0.2, 0.25) is 0 Å². The average Bonchev–Trinajstić information content (AvgIpc) is 3.00. The van der Waals surface area contributed by atoms with E-state index in [1.807, 2.05) is 54.6 Å². The summed E-state index contributed by atoms with van der Waals surface area (Å²) in [5, 5.41) is 0. The second-order valence-electron chi connectivity index (χ2n) is 7.91. The molecule has 0 radical (unpaired) electrons. The minimum atomic E-state index is -0.278. The van der Waals surface area contributed by atoms with Crippen LogP contribution in [0.25, 0.3) is 33.8 Å². The summed E-state index contributed by atoms with van der Waals surface area (Å²) in [6, 6.07) is 38.4. The van der Waals surface area contributed by atoms with Gasteiger partial charge in [-0.2, -0.15) is 0 Å². The molecular formula is C33H21F3IrN3. The summed E-state index contributed by atoms with van der Waals surface area (Å²) >= 11 is 0. The van der Waals surface area contributed by atoms with E-state index in [9.17, 15) is 13.2 Å². The quantitative estimate of drug-likeness (QED) is 0.175. The van der Waals surface area contributed by atoms with Crippen LogP contribution in [0, 0.1) is 35.7 Å². The third kappa shape index (κ3) is 9.38. The van der Waals surface area contributed by atoms with Crippen LogP contribution in [0.2, 0.25) is 0 Å². The van der Waals surface area contributed by atoms with Crippen molar-refractivity contribution in [2.24, 2.45) is 0 Å². The number of pyridine rings is 3. The van der Waals surface area contributed by atoms with Crippen LogP contribution in [-0.2, 0) is 20.1 Å². The zero-order chi connectivity index (χ0) is 27.3. The van der Waals surface area contributed by atoms with Gasteiger partial charge in [0.25, 0.3) is 0 Å². The third-order valence-corrected chi connectivity index (χ3v) is 5.15. The molecule has 6 aromatic rings. The first-order valence-corrected chi connectivity index (χ1v) is 11.8. The Morgan fingerprint density at radius 1 is 0.400 bits per heavy atom. The molecule has 0 saturated heterocycles. The molecule has 0 spiro atoms. The van der Waals surface area contributed by atoms with Crippen LogP contribution < -0.4 is 0 Å². The first-order chi connectivity index (χ1) is 19.1. The Bertz CT molecular complexity index is 1340. The predicted molar refractivity (Wildman–Crippen MR) is 145 cm³/mol. The molecule has 0 unspecified atom stereocenters. The Morgan fingerprint density at radius 3 is 0.900 bits per heavy atom. The van der Waals surface area contributed by atoms with Crippen LogP contribution in [-0.4, -0.2) is 15.0 Å². The summed E-state index contributed by atoms with van der Waals surface area (Å²) in [5.41, 5.74) is 4.85. The van der Waals surface area contributed by atoms with Crippen molar-refractivity contribution in [3.05, 3.63) is 163 Å². The van der Waals surface area contributed by atoms with Gasteiger partial charge in [-0.15, -0.1) is 89.5 Å². The van der Waals surface area contributed by atoms with E-state index < -0.39 is 0 Å². The zero-order valence-electron chi connectivity index (χ0n) is 20.9. The van der Waals surface area contributed by atoms with E-state index >= 15 is 0 Å². The summed E-state index contributed by atoms with van der Waals surface area (Å²) < 4.78 is 37.7. The minimum Gasteiger partial charge on any atom is -0.305 e. The largest absolute Gasteiger partial charge is 3.00 e. The van der Waals surface area contributed by atoms with Gasteiger partial charge in [-0.3, -0.25) is 13.2 Å². The van der Waals surface area contributed by atoms with Gasteiger partial charge in [-0.1, -0.05) is 36.4 Å². The normalized spacial score (nSPS) is 9.68. The topological polar surface area (TPSA) is 38.7 Å². The first kappa shape index (κ1) is 30.1. The molecular weight excluding hydrogens is 688 g/mol. The van der Waals surface area contributed by atoms with Gasteiger partial charge in [0.15, 0.2) is 0 Å². The molecule has 198 valence electrons. The number of rotatable bonds is 3. The smallest absolute Gasteiger partial charge is 0.305 e. The van der Waals surface area contributed by atoms with E-state index in [-0.39, 0.29) is 37.6 Å². The maximum atomic E-state index is 12.6. The number of nitrogens with zero attached hydrogens (tertiary/aromatic N) is 3. The van der Waals surface area contributed by atoms with Gasteiger partial charge in [-0.25, -0.2) is 0 Å². The van der Waals surface area contributed by atoms with Gasteiger partial charge in [-0.05, 0) is 35.3 Å². The fraction of sp³-hybridized carbons (Fsp3) is 0. The molecule has 0 amide bonds. The Morgan fingerprint density at radius 2 is 0.700 bits per heavy atom. The number of halogens is 3. The van der Waals surface area contributed by atoms with Crippen molar-refractivity contribution in [3.63, 3.8) is 0 Å². The zero-order valence-corrected chi connectivity index (χ0v) is 23.3. The molecule has 3 aromatic carbocycles. The maximum Gasteiger partial charge on any atom is 3.00 e. The Balaban J connectivity index is 0.000000163. The van der Waals surface area contributed by atoms with Gasteiger partial charge >= 0.3 is 20.1 Å². The molecule has 3 nitrogen and oxygen atoms in total. The monoisotopic (exact) mass is 709 g/mol. The van der Waals surface area contributed by atoms with Gasteiger partial charge in [0.05, 0.1) is 0 Å². The van der Waals surface area contributed by atoms with Gasteiger partial charge in [0.1, 0.15) is 0 Å². The van der Waals surface area contributed by atoms with Crippen molar-refractivity contribution in [1.82, 2.24) is 15.0 Å². The molecule has 0 aliphatic heterocycles. The van der Waals surface area contributed by atoms with Crippen molar-refractivity contribution in [1.29, 1.82) is 0 Å². The van der Waals surface area contributed by atoms with Crippen molar-refractivity contribution in [2.45, 2.75) is 0 Å². The number of hydrogen-bond donors (Lipinski definition) is 0. The molecule has 0 saturated carbocycles. The summed E-state index contributed by atoms with van der Waals surface area (Å²) in [4.78, 5) is 12.4. The van der Waals surface area contributed by atoms with Crippen LogP contribution in [0.5, 0.6) is 0 Å². The van der Waals surface area contributed by atoms with Crippen LogP contribution in [0.1, 0.15) is 0 Å². The molecule has 0 aliphatic carbocycles. The van der Waals surface area contributed by atoms with Crippen molar-refractivity contribution in [2.75, 3.05) is 0 Å². The minimum absolute atomic E-state index is 0. The number of benzene rings is 3. The van der Waals surface area contributed by atoms with E-state index in [0.717, 1.165) is 33.8 Å². The summed E-state index contributed by atoms with van der Waals surface area (Å²) in [5.74, 6) is -0.834. The molecule has 0 N–H and O–H groups in total. The molecule has 0 bridgehead atoms. The van der Waals surface area contributed by atoms with Gasteiger partial charge in [0, 0.05) is 36.0 Å². The number of hydrogen-bond acceptors (Lipinski definition) is 3. The summed E-state index contributed by atoms with van der Waals surface area (Å²) in [6.07, 6.45) is 5.10. The van der Waals surface area contributed by atoms with E-state index in [4.69, 9.17) is 0 Å². The first-order valence-electron chi connectivity index (χ1n) is 11.8. The van der Waals surface area contributed by atoms with Crippen LogP contribution in [0.4, 0.5) is 13.2 Å². The summed E-state index contributed by atoms with van der Waals surface area (Å²) in [6.45, 7) is 0. The molecule has 0 aliphatic rings. The molecule has 3 heterocycles. The van der Waals surface area contributed by atoms with Crippen LogP contribution >= 0.6 is 0 Å². The van der Waals surface area contributed by atoms with Crippen molar-refractivity contribution < 1.29 is 33.3 Å². The second kappa shape index (κ2) is 15.8. The Kier molecular flexibility index (Phi) is 11.9. The van der Waals surface area contributed by atoms with E-state index in [1.165, 1.54) is 36.4 Å². The average molecular weight is 709 g/mol. The standard InChI is InChI=1S/3C11H7FN.Ir/c3*12-10-6-4-9(5-7-10)11-3-1-2-8-13-11;/h3*1-4,6-8H;/q3*-1;+3.